The highest BCUT2D eigenvalue weighted by Gasteiger charge is 2.14. The molecular formula is C19H23N5O4S. The van der Waals surface area contributed by atoms with E-state index in [1.807, 2.05) is 6.07 Å². The molecule has 3 aromatic rings. The van der Waals surface area contributed by atoms with Crippen molar-refractivity contribution in [2.24, 2.45) is 0 Å². The Hall–Kier alpha value is -3.11. The SMILES string of the molecule is COCCNc1ncc(-c2ccnc(Nc3cc(OC)c(OC)c(OC)c3)n2)s1. The van der Waals surface area contributed by atoms with Crippen LogP contribution >= 0.6 is 11.3 Å². The normalized spacial score (nSPS) is 10.5. The van der Waals surface area contributed by atoms with Gasteiger partial charge in [-0.05, 0) is 6.07 Å². The summed E-state index contributed by atoms with van der Waals surface area (Å²) in [6, 6.07) is 5.43. The van der Waals surface area contributed by atoms with Crippen molar-refractivity contribution < 1.29 is 18.9 Å². The lowest BCUT2D eigenvalue weighted by Crippen LogP contribution is -2.06. The molecule has 0 radical (unpaired) electrons. The fourth-order valence-corrected chi connectivity index (χ4v) is 3.38. The van der Waals surface area contributed by atoms with Crippen molar-refractivity contribution in [1.82, 2.24) is 15.0 Å². The maximum Gasteiger partial charge on any atom is 0.227 e. The lowest BCUT2D eigenvalue weighted by Gasteiger charge is -2.14. The fraction of sp³-hybridized carbons (Fsp3) is 0.316. The van der Waals surface area contributed by atoms with E-state index in [2.05, 4.69) is 25.6 Å². The highest BCUT2D eigenvalue weighted by Crippen LogP contribution is 2.40. The van der Waals surface area contributed by atoms with Crippen molar-refractivity contribution >= 4 is 28.1 Å². The summed E-state index contributed by atoms with van der Waals surface area (Å²) >= 11 is 1.52. The van der Waals surface area contributed by atoms with Gasteiger partial charge in [0.25, 0.3) is 0 Å². The number of thiazole rings is 1. The summed E-state index contributed by atoms with van der Waals surface area (Å²) in [7, 11) is 6.37. The van der Waals surface area contributed by atoms with Crippen molar-refractivity contribution in [2.45, 2.75) is 0 Å². The molecule has 10 heteroatoms. The first kappa shape index (κ1) is 20.6. The molecular weight excluding hydrogens is 394 g/mol. The summed E-state index contributed by atoms with van der Waals surface area (Å²) in [5.41, 5.74) is 1.48. The molecule has 0 bridgehead atoms. The summed E-state index contributed by atoms with van der Waals surface area (Å²) < 4.78 is 21.2. The average molecular weight is 417 g/mol. The van der Waals surface area contributed by atoms with Crippen molar-refractivity contribution in [1.29, 1.82) is 0 Å². The molecule has 2 N–H and O–H groups in total. The quantitative estimate of drug-likeness (QED) is 0.481. The zero-order valence-corrected chi connectivity index (χ0v) is 17.5. The Morgan fingerprint density at radius 3 is 2.41 bits per heavy atom. The molecule has 9 nitrogen and oxygen atoms in total. The van der Waals surface area contributed by atoms with Gasteiger partial charge in [-0.25, -0.2) is 15.0 Å². The molecule has 3 rings (SSSR count). The van der Waals surface area contributed by atoms with Gasteiger partial charge in [-0.15, -0.1) is 0 Å². The van der Waals surface area contributed by atoms with E-state index in [1.165, 1.54) is 11.3 Å². The molecule has 0 atom stereocenters. The Labute approximate surface area is 173 Å². The van der Waals surface area contributed by atoms with Crippen LogP contribution < -0.4 is 24.8 Å². The predicted molar refractivity (Wildman–Crippen MR) is 113 cm³/mol. The van der Waals surface area contributed by atoms with Crippen LogP contribution in [-0.4, -0.2) is 56.5 Å². The van der Waals surface area contributed by atoms with Crippen LogP contribution in [0, 0.1) is 0 Å². The first-order chi connectivity index (χ1) is 14.2. The molecule has 2 aromatic heterocycles. The van der Waals surface area contributed by atoms with Gasteiger partial charge in [0.1, 0.15) is 0 Å². The van der Waals surface area contributed by atoms with E-state index in [1.54, 1.807) is 53.0 Å². The molecule has 0 aliphatic heterocycles. The van der Waals surface area contributed by atoms with Crippen LogP contribution in [0.3, 0.4) is 0 Å². The standard InChI is InChI=1S/C19H23N5O4S/c1-25-8-7-21-19-22-11-16(29-19)13-5-6-20-18(24-13)23-12-9-14(26-2)17(28-4)15(10-12)27-3/h5-6,9-11H,7-8H2,1-4H3,(H,21,22)(H,20,23,24). The van der Waals surface area contributed by atoms with Gasteiger partial charge in [0, 0.05) is 43.9 Å². The minimum absolute atomic E-state index is 0.444. The molecule has 0 unspecified atom stereocenters. The van der Waals surface area contributed by atoms with Gasteiger partial charge in [-0.3, -0.25) is 0 Å². The van der Waals surface area contributed by atoms with Crippen LogP contribution in [0.15, 0.2) is 30.6 Å². The molecule has 0 spiro atoms. The predicted octanol–water partition coefficient (Wildman–Crippen LogP) is 3.43. The minimum atomic E-state index is 0.444. The van der Waals surface area contributed by atoms with Gasteiger partial charge in [-0.2, -0.15) is 0 Å². The van der Waals surface area contributed by atoms with Gasteiger partial charge in [0.05, 0.1) is 38.5 Å². The second kappa shape index (κ2) is 9.89. The monoisotopic (exact) mass is 417 g/mol. The molecule has 0 saturated carbocycles. The van der Waals surface area contributed by atoms with Crippen LogP contribution in [0.4, 0.5) is 16.8 Å². The maximum absolute atomic E-state index is 5.38. The van der Waals surface area contributed by atoms with Crippen molar-refractivity contribution in [3.05, 3.63) is 30.6 Å². The number of benzene rings is 1. The Morgan fingerprint density at radius 2 is 1.76 bits per heavy atom. The number of anilines is 3. The summed E-state index contributed by atoms with van der Waals surface area (Å²) in [6.45, 7) is 1.31. The van der Waals surface area contributed by atoms with E-state index >= 15 is 0 Å². The third-order valence-corrected chi connectivity index (χ3v) is 4.89. The fourth-order valence-electron chi connectivity index (χ4n) is 2.57. The average Bonchev–Trinajstić information content (AvgIpc) is 3.22. The first-order valence-corrected chi connectivity index (χ1v) is 9.59. The van der Waals surface area contributed by atoms with Gasteiger partial charge < -0.3 is 29.6 Å². The molecule has 0 aliphatic rings. The number of methoxy groups -OCH3 is 4. The topological polar surface area (TPSA) is 99.7 Å². The van der Waals surface area contributed by atoms with Crippen LogP contribution in [0.5, 0.6) is 17.2 Å². The van der Waals surface area contributed by atoms with Crippen molar-refractivity contribution in [3.63, 3.8) is 0 Å². The third-order valence-electron chi connectivity index (χ3n) is 3.92. The maximum atomic E-state index is 5.38. The lowest BCUT2D eigenvalue weighted by atomic mass is 10.2. The van der Waals surface area contributed by atoms with E-state index < -0.39 is 0 Å². The van der Waals surface area contributed by atoms with E-state index in [0.717, 1.165) is 15.7 Å². The smallest absolute Gasteiger partial charge is 0.227 e. The first-order valence-electron chi connectivity index (χ1n) is 8.77. The van der Waals surface area contributed by atoms with Crippen LogP contribution in [0.1, 0.15) is 0 Å². The van der Waals surface area contributed by atoms with E-state index in [9.17, 15) is 0 Å². The van der Waals surface area contributed by atoms with E-state index in [4.69, 9.17) is 18.9 Å². The summed E-state index contributed by atoms with van der Waals surface area (Å²) in [6.07, 6.45) is 3.48. The lowest BCUT2D eigenvalue weighted by molar-refractivity contribution is 0.211. The number of nitrogens with zero attached hydrogens (tertiary/aromatic N) is 3. The number of nitrogens with one attached hydrogen (secondary N) is 2. The van der Waals surface area contributed by atoms with Crippen LogP contribution in [0.25, 0.3) is 10.6 Å². The van der Waals surface area contributed by atoms with Crippen molar-refractivity contribution in [2.75, 3.05) is 52.2 Å². The molecule has 0 fully saturated rings. The molecule has 1 aromatic carbocycles. The highest BCUT2D eigenvalue weighted by atomic mass is 32.1. The Kier molecular flexibility index (Phi) is 7.04. The number of hydrogen-bond acceptors (Lipinski definition) is 10. The summed E-state index contributed by atoms with van der Waals surface area (Å²) in [5, 5.41) is 7.20. The molecule has 2 heterocycles. The van der Waals surface area contributed by atoms with E-state index in [-0.39, 0.29) is 0 Å². The van der Waals surface area contributed by atoms with E-state index in [0.29, 0.717) is 42.0 Å². The largest absolute Gasteiger partial charge is 0.493 e. The molecule has 154 valence electrons. The molecule has 0 aliphatic carbocycles. The third kappa shape index (κ3) is 5.04. The van der Waals surface area contributed by atoms with Crippen LogP contribution in [0.2, 0.25) is 0 Å². The summed E-state index contributed by atoms with van der Waals surface area (Å²) in [4.78, 5) is 14.2. The molecule has 0 saturated heterocycles. The molecule has 0 amide bonds. The van der Waals surface area contributed by atoms with Gasteiger partial charge in [0.2, 0.25) is 11.7 Å². The zero-order valence-electron chi connectivity index (χ0n) is 16.7. The van der Waals surface area contributed by atoms with Gasteiger partial charge in [0.15, 0.2) is 16.6 Å². The Bertz CT molecular complexity index is 925. The Morgan fingerprint density at radius 1 is 1.00 bits per heavy atom. The number of rotatable bonds is 10. The number of hydrogen-bond donors (Lipinski definition) is 2. The van der Waals surface area contributed by atoms with Crippen LogP contribution in [-0.2, 0) is 4.74 Å². The number of aromatic nitrogens is 3. The Balaban J connectivity index is 1.80. The van der Waals surface area contributed by atoms with Crippen molar-refractivity contribution in [3.8, 4) is 27.8 Å². The molecule has 29 heavy (non-hydrogen) atoms. The zero-order chi connectivity index (χ0) is 20.6. The second-order valence-corrected chi connectivity index (χ2v) is 6.78. The minimum Gasteiger partial charge on any atom is -0.493 e. The van der Waals surface area contributed by atoms with Gasteiger partial charge >= 0.3 is 0 Å². The summed E-state index contributed by atoms with van der Waals surface area (Å²) in [5.74, 6) is 2.05. The second-order valence-electron chi connectivity index (χ2n) is 5.75. The number of ether oxygens (including phenoxy) is 4. The highest BCUT2D eigenvalue weighted by molar-refractivity contribution is 7.18. The van der Waals surface area contributed by atoms with Gasteiger partial charge in [-0.1, -0.05) is 11.3 Å².